The third kappa shape index (κ3) is 9.47. The molecule has 1 amide bonds. The summed E-state index contributed by atoms with van der Waals surface area (Å²) in [5.41, 5.74) is -7.86. The number of hydrogen-bond acceptors (Lipinski definition) is 16. The number of Topliss-reactive ketones (excluding diaryl/α,β-unsaturated/α-hetero) is 1. The first-order valence-electron chi connectivity index (χ1n) is 22.3. The Morgan fingerprint density at radius 2 is 1.60 bits per heavy atom. The average Bonchev–Trinajstić information content (AvgIpc) is 3.23. The third-order valence-electron chi connectivity index (χ3n) is 13.7. The largest absolute Gasteiger partial charge is 0.496 e. The first-order valence-corrected chi connectivity index (χ1v) is 22.3. The Kier molecular flexibility index (Phi) is 14.3. The number of ether oxygens (including phenoxy) is 7. The van der Waals surface area contributed by atoms with Crippen molar-refractivity contribution in [2.75, 3.05) is 13.7 Å². The topological polar surface area (TPSA) is 240 Å². The van der Waals surface area contributed by atoms with Gasteiger partial charge in [-0.2, -0.15) is 0 Å². The van der Waals surface area contributed by atoms with Crippen molar-refractivity contribution in [1.29, 1.82) is 0 Å². The van der Waals surface area contributed by atoms with Gasteiger partial charge in [0.2, 0.25) is 0 Å². The van der Waals surface area contributed by atoms with Gasteiger partial charge in [0.1, 0.15) is 35.3 Å². The van der Waals surface area contributed by atoms with Gasteiger partial charge in [-0.05, 0) is 77.8 Å². The predicted octanol–water partition coefficient (Wildman–Crippen LogP) is 4.66. The van der Waals surface area contributed by atoms with E-state index in [-0.39, 0.29) is 36.2 Å². The molecule has 0 unspecified atom stereocenters. The summed E-state index contributed by atoms with van der Waals surface area (Å²) in [4.78, 5) is 85.0. The van der Waals surface area contributed by atoms with E-state index in [9.17, 15) is 39.3 Å². The zero-order valence-electron chi connectivity index (χ0n) is 39.9. The first-order chi connectivity index (χ1) is 31.2. The number of carbonyl (C=O) groups is 6. The highest BCUT2D eigenvalue weighted by atomic mass is 16.6. The Bertz CT molecular complexity index is 2330. The molecule has 3 fully saturated rings. The SMILES string of the molecule is COc1ccccc1CC(=O)O[C@H]1C(=O)[C@@]2(C)[C@H]([C@H](OC(=O)c3ccccc3)[C@]3(O)C[C@H](OC(=O)[C@H](O)[C@H](C=C(C)C)NC(=O)OC(C)(C)C)C(C)=C1C3(C)C)[C@]1(OC(C)=O)CO[C@@H]1C[C@@H]2O. The predicted molar refractivity (Wildman–Crippen MR) is 238 cm³/mol. The Balaban J connectivity index is 1.57. The highest BCUT2D eigenvalue weighted by molar-refractivity contribution is 5.96. The lowest BCUT2D eigenvalue weighted by Gasteiger charge is -2.67. The number of carbonyl (C=O) groups excluding carboxylic acids is 6. The number of methoxy groups -OCH3 is 1. The van der Waals surface area contributed by atoms with Crippen LogP contribution < -0.4 is 10.1 Å². The molecule has 17 heteroatoms. The fraction of sp³-hybridized carbons (Fsp3) is 0.560. The number of fused-ring (bicyclic) bond motifs is 5. The highest BCUT2D eigenvalue weighted by Crippen LogP contribution is 2.64. The lowest BCUT2D eigenvalue weighted by atomic mass is 9.44. The molecule has 1 saturated heterocycles. The van der Waals surface area contributed by atoms with E-state index in [2.05, 4.69) is 5.32 Å². The number of allylic oxidation sites excluding steroid dienone is 1. The molecule has 1 aliphatic heterocycles. The number of aliphatic hydroxyl groups excluding tert-OH is 2. The molecule has 17 nitrogen and oxygen atoms in total. The van der Waals surface area contributed by atoms with Crippen LogP contribution in [-0.4, -0.2) is 124 Å². The Labute approximate surface area is 390 Å². The minimum Gasteiger partial charge on any atom is -0.496 e. The van der Waals surface area contributed by atoms with Crippen LogP contribution in [0.2, 0.25) is 0 Å². The fourth-order valence-electron chi connectivity index (χ4n) is 10.4. The summed E-state index contributed by atoms with van der Waals surface area (Å²) >= 11 is 0. The number of benzene rings is 2. The maximum Gasteiger partial charge on any atom is 0.408 e. The molecule has 11 atom stereocenters. The van der Waals surface area contributed by atoms with Crippen molar-refractivity contribution in [3.63, 3.8) is 0 Å². The molecule has 1 heterocycles. The summed E-state index contributed by atoms with van der Waals surface area (Å²) in [7, 11) is 1.43. The summed E-state index contributed by atoms with van der Waals surface area (Å²) in [6, 6.07) is 13.1. The zero-order chi connectivity index (χ0) is 49.6. The van der Waals surface area contributed by atoms with Crippen molar-refractivity contribution in [2.45, 2.75) is 148 Å². The lowest BCUT2D eigenvalue weighted by molar-refractivity contribution is -0.346. The Hall–Kier alpha value is -5.62. The van der Waals surface area contributed by atoms with E-state index in [4.69, 9.17) is 33.2 Å². The van der Waals surface area contributed by atoms with Gasteiger partial charge < -0.3 is 53.8 Å². The molecule has 2 aromatic carbocycles. The van der Waals surface area contributed by atoms with Crippen LogP contribution in [0.15, 0.2) is 77.4 Å². The van der Waals surface area contributed by atoms with Crippen LogP contribution in [0.1, 0.15) is 98.0 Å². The van der Waals surface area contributed by atoms with Crippen molar-refractivity contribution in [3.8, 4) is 5.75 Å². The molecule has 2 bridgehead atoms. The molecule has 4 aliphatic rings. The van der Waals surface area contributed by atoms with Crippen LogP contribution in [0.3, 0.4) is 0 Å². The standard InChI is InChI=1S/C50H63NO16/c1-26(2)21-31(51-45(59)67-46(5,6)7)38(55)44(58)63-33-24-50(60)42(65-43(57)29-17-13-12-14-18-29)40-48(10,34(53)23-35-49(40,25-62-35)66-28(4)52)41(56)39(37(27(33)3)47(50,8)9)64-36(54)22-30-19-15-16-20-32(30)61-11/h12-21,31,33-35,38-40,42,53,55,60H,22-25H2,1-11H3,(H,51,59)/t31-,33-,34-,35+,38+,39+,40-,42-,48+,49-,50+/m0/s1. The number of para-hydroxylation sites is 1. The van der Waals surface area contributed by atoms with Crippen molar-refractivity contribution in [3.05, 3.63) is 88.5 Å². The van der Waals surface area contributed by atoms with E-state index < -0.39 is 118 Å². The first kappa shape index (κ1) is 50.8. The molecule has 2 saturated carbocycles. The van der Waals surface area contributed by atoms with E-state index in [0.29, 0.717) is 16.9 Å². The minimum absolute atomic E-state index is 0.0409. The van der Waals surface area contributed by atoms with Gasteiger partial charge in [-0.1, -0.05) is 61.9 Å². The van der Waals surface area contributed by atoms with E-state index in [1.807, 2.05) is 0 Å². The number of hydrogen-bond donors (Lipinski definition) is 4. The second kappa shape index (κ2) is 18.8. The smallest absolute Gasteiger partial charge is 0.408 e. The molecule has 3 aliphatic carbocycles. The van der Waals surface area contributed by atoms with Crippen LogP contribution in [0.5, 0.6) is 5.75 Å². The van der Waals surface area contributed by atoms with Crippen molar-refractivity contribution < 1.29 is 77.2 Å². The second-order valence-corrected chi connectivity index (χ2v) is 19.9. The van der Waals surface area contributed by atoms with Crippen molar-refractivity contribution in [1.82, 2.24) is 5.32 Å². The summed E-state index contributed by atoms with van der Waals surface area (Å²) in [5.74, 6) is -6.06. The molecule has 0 spiro atoms. The van der Waals surface area contributed by atoms with Crippen LogP contribution in [0.25, 0.3) is 0 Å². The van der Waals surface area contributed by atoms with Gasteiger partial charge in [-0.25, -0.2) is 14.4 Å². The number of rotatable bonds is 12. The molecule has 0 aromatic heterocycles. The third-order valence-corrected chi connectivity index (χ3v) is 13.7. The molecular formula is C50H63NO16. The summed E-state index contributed by atoms with van der Waals surface area (Å²) < 4.78 is 41.7. The van der Waals surface area contributed by atoms with Gasteiger partial charge in [0.15, 0.2) is 23.6 Å². The van der Waals surface area contributed by atoms with Gasteiger partial charge in [-0.3, -0.25) is 14.4 Å². The fourth-order valence-corrected chi connectivity index (χ4v) is 10.4. The maximum absolute atomic E-state index is 15.9. The van der Waals surface area contributed by atoms with E-state index in [1.54, 1.807) is 90.9 Å². The molecule has 4 N–H and O–H groups in total. The number of alkyl carbamates (subject to hydrolysis) is 1. The van der Waals surface area contributed by atoms with E-state index in [0.717, 1.165) is 6.92 Å². The van der Waals surface area contributed by atoms with Crippen molar-refractivity contribution in [2.24, 2.45) is 16.7 Å². The van der Waals surface area contributed by atoms with E-state index >= 15 is 4.79 Å². The van der Waals surface area contributed by atoms with Gasteiger partial charge in [0.05, 0.1) is 49.2 Å². The van der Waals surface area contributed by atoms with Gasteiger partial charge in [0.25, 0.3) is 0 Å². The quantitative estimate of drug-likeness (QED) is 0.129. The highest BCUT2D eigenvalue weighted by Gasteiger charge is 2.78. The Morgan fingerprint density at radius 1 is 0.955 bits per heavy atom. The molecule has 2 aromatic rings. The molecule has 364 valence electrons. The molecule has 0 radical (unpaired) electrons. The Morgan fingerprint density at radius 3 is 2.18 bits per heavy atom. The molecular weight excluding hydrogens is 871 g/mol. The number of ketones is 1. The van der Waals surface area contributed by atoms with Crippen LogP contribution in [0, 0.1) is 16.7 Å². The van der Waals surface area contributed by atoms with Crippen molar-refractivity contribution >= 4 is 35.8 Å². The molecule has 67 heavy (non-hydrogen) atoms. The monoisotopic (exact) mass is 933 g/mol. The average molecular weight is 934 g/mol. The number of amides is 1. The maximum atomic E-state index is 15.9. The number of esters is 4. The number of nitrogens with one attached hydrogen (secondary N) is 1. The molecule has 6 rings (SSSR count). The minimum atomic E-state index is -2.44. The zero-order valence-corrected chi connectivity index (χ0v) is 39.9. The summed E-state index contributed by atoms with van der Waals surface area (Å²) in [6.07, 6.45) is -10.8. The van der Waals surface area contributed by atoms with Crippen LogP contribution in [0.4, 0.5) is 4.79 Å². The van der Waals surface area contributed by atoms with E-state index in [1.165, 1.54) is 39.2 Å². The van der Waals surface area contributed by atoms with Gasteiger partial charge >= 0.3 is 30.0 Å². The van der Waals surface area contributed by atoms with Crippen LogP contribution in [-0.2, 0) is 54.0 Å². The van der Waals surface area contributed by atoms with Gasteiger partial charge in [0, 0.05) is 30.7 Å². The number of aliphatic hydroxyl groups is 3. The summed E-state index contributed by atoms with van der Waals surface area (Å²) in [6.45, 7) is 15.1. The normalized spacial score (nSPS) is 30.5. The van der Waals surface area contributed by atoms with Gasteiger partial charge in [-0.15, -0.1) is 0 Å². The summed E-state index contributed by atoms with van der Waals surface area (Å²) in [5, 5.41) is 40.2. The van der Waals surface area contributed by atoms with Crippen LogP contribution >= 0.6 is 0 Å². The lowest BCUT2D eigenvalue weighted by Crippen LogP contribution is -2.82. The second-order valence-electron chi connectivity index (χ2n) is 19.9.